The minimum Gasteiger partial charge on any atom is -0.507 e. The van der Waals surface area contributed by atoms with Crippen LogP contribution in [-0.2, 0) is 39.9 Å². The van der Waals surface area contributed by atoms with Gasteiger partial charge in [0.1, 0.15) is 47.1 Å². The molecule has 20 heteroatoms. The first-order valence-corrected chi connectivity index (χ1v) is 21.5. The predicted octanol–water partition coefficient (Wildman–Crippen LogP) is 1.52. The number of methoxy groups -OCH3 is 1. The minimum atomic E-state index is -2.17. The van der Waals surface area contributed by atoms with Crippen LogP contribution in [0.3, 0.4) is 0 Å². The Morgan fingerprint density at radius 3 is 2.02 bits per heavy atom. The topological polar surface area (TPSA) is 302 Å². The summed E-state index contributed by atoms with van der Waals surface area (Å²) in [5, 5.41) is 57.1. The molecule has 2 aromatic rings. The molecule has 1 aliphatic heterocycles. The van der Waals surface area contributed by atoms with Crippen molar-refractivity contribution in [2.75, 3.05) is 7.11 Å². The lowest BCUT2D eigenvalue weighted by atomic mass is 9.72. The molecule has 358 valence electrons. The molecule has 2 aromatic carbocycles. The Balaban J connectivity index is 0.00000925. The summed E-state index contributed by atoms with van der Waals surface area (Å²) in [5.41, 5.74) is 1.90. The number of aromatic hydroxyl groups is 2. The molecule has 0 spiro atoms. The molecule has 1 heterocycles. The molecule has 1 fully saturated rings. The number of carbonyl (C=O) groups excluding carboxylic acids is 7. The molecule has 4 amide bonds. The van der Waals surface area contributed by atoms with Crippen molar-refractivity contribution < 1.29 is 68.2 Å². The largest absolute Gasteiger partial charge is 0.507 e. The number of nitrogens with one attached hydrogen (secondary N) is 4. The number of halogens is 1. The van der Waals surface area contributed by atoms with Crippen LogP contribution in [-0.4, -0.2) is 123 Å². The van der Waals surface area contributed by atoms with Crippen LogP contribution in [0.5, 0.6) is 17.2 Å². The third kappa shape index (κ3) is 11.1. The van der Waals surface area contributed by atoms with Crippen LogP contribution in [0.15, 0.2) is 18.2 Å². The van der Waals surface area contributed by atoms with E-state index in [0.717, 1.165) is 6.92 Å². The van der Waals surface area contributed by atoms with Gasteiger partial charge in [-0.3, -0.25) is 33.6 Å². The first-order valence-electron chi connectivity index (χ1n) is 21.5. The molecule has 2 aliphatic carbocycles. The van der Waals surface area contributed by atoms with Crippen molar-refractivity contribution in [2.24, 2.45) is 17.6 Å². The monoisotopic (exact) mass is 931 g/mol. The number of hydrogen-bond donors (Lipinski definition) is 9. The zero-order chi connectivity index (χ0) is 47.7. The van der Waals surface area contributed by atoms with E-state index in [4.69, 9.17) is 19.9 Å². The second-order valence-electron chi connectivity index (χ2n) is 18.0. The van der Waals surface area contributed by atoms with Crippen LogP contribution in [0.1, 0.15) is 130 Å². The highest BCUT2D eigenvalue weighted by atomic mass is 35.5. The predicted molar refractivity (Wildman–Crippen MR) is 236 cm³/mol. The number of ketones is 3. The van der Waals surface area contributed by atoms with E-state index in [9.17, 15) is 54.0 Å². The van der Waals surface area contributed by atoms with Crippen LogP contribution in [0, 0.1) is 11.8 Å². The minimum absolute atomic E-state index is 0. The summed E-state index contributed by atoms with van der Waals surface area (Å²) in [7, 11) is 1.31. The molecule has 10 N–H and O–H groups in total. The highest BCUT2D eigenvalue weighted by Gasteiger charge is 2.50. The quantitative estimate of drug-likeness (QED) is 0.0921. The van der Waals surface area contributed by atoms with E-state index in [1.54, 1.807) is 0 Å². The number of phenols is 2. The van der Waals surface area contributed by atoms with Crippen molar-refractivity contribution in [3.05, 3.63) is 51.6 Å². The molecular weight excluding hydrogens is 870 g/mol. The highest BCUT2D eigenvalue weighted by molar-refractivity contribution is 6.31. The van der Waals surface area contributed by atoms with Gasteiger partial charge in [0.2, 0.25) is 29.4 Å². The summed E-state index contributed by atoms with van der Waals surface area (Å²) in [6.07, 6.45) is -5.89. The fourth-order valence-electron chi connectivity index (χ4n) is 8.44. The number of ether oxygens (including phenoxy) is 3. The van der Waals surface area contributed by atoms with Crippen molar-refractivity contribution in [1.29, 1.82) is 0 Å². The van der Waals surface area contributed by atoms with Gasteiger partial charge in [0.15, 0.2) is 17.9 Å². The molecule has 10 atom stereocenters. The molecule has 19 nitrogen and oxygen atoms in total. The first kappa shape index (κ1) is 52.4. The van der Waals surface area contributed by atoms with Crippen LogP contribution >= 0.6 is 12.4 Å². The Hall–Kier alpha value is -5.18. The number of nitrogens with two attached hydrogens (primary N) is 1. The van der Waals surface area contributed by atoms with Crippen LogP contribution in [0.4, 0.5) is 0 Å². The number of rotatable bonds is 16. The zero-order valence-corrected chi connectivity index (χ0v) is 38.8. The van der Waals surface area contributed by atoms with Crippen LogP contribution in [0.25, 0.3) is 0 Å². The van der Waals surface area contributed by atoms with Gasteiger partial charge in [-0.1, -0.05) is 39.8 Å². The van der Waals surface area contributed by atoms with Crippen molar-refractivity contribution in [2.45, 2.75) is 148 Å². The molecule has 0 radical (unpaired) electrons. The number of aliphatic hydroxyl groups is 2. The van der Waals surface area contributed by atoms with E-state index < -0.39 is 137 Å². The molecule has 0 saturated carbocycles. The molecule has 3 aliphatic rings. The number of carbonyl (C=O) groups is 7. The zero-order valence-electron chi connectivity index (χ0n) is 38.0. The first-order chi connectivity index (χ1) is 29.9. The van der Waals surface area contributed by atoms with Crippen molar-refractivity contribution in [3.63, 3.8) is 0 Å². The van der Waals surface area contributed by atoms with E-state index in [2.05, 4.69) is 21.3 Å². The van der Waals surface area contributed by atoms with Crippen molar-refractivity contribution >= 4 is 53.4 Å². The van der Waals surface area contributed by atoms with Gasteiger partial charge in [0.05, 0.1) is 48.1 Å². The number of Topliss-reactive ketones (excluding diaryl/α,β-unsaturated/α-hetero) is 1. The molecule has 10 unspecified atom stereocenters. The molecule has 65 heavy (non-hydrogen) atoms. The summed E-state index contributed by atoms with van der Waals surface area (Å²) < 4.78 is 17.7. The van der Waals surface area contributed by atoms with Gasteiger partial charge in [0.25, 0.3) is 0 Å². The second-order valence-corrected chi connectivity index (χ2v) is 18.0. The molecule has 0 aromatic heterocycles. The maximum absolute atomic E-state index is 14.0. The Bertz CT molecular complexity index is 2200. The average Bonchev–Trinajstić information content (AvgIpc) is 3.21. The number of aliphatic hydroxyl groups excluding tert-OH is 1. The Morgan fingerprint density at radius 2 is 1.45 bits per heavy atom. The van der Waals surface area contributed by atoms with E-state index in [-0.39, 0.29) is 71.5 Å². The summed E-state index contributed by atoms with van der Waals surface area (Å²) >= 11 is 0. The fourth-order valence-corrected chi connectivity index (χ4v) is 8.44. The average molecular weight is 932 g/mol. The van der Waals surface area contributed by atoms with E-state index in [1.165, 1.54) is 46.1 Å². The normalized spacial score (nSPS) is 24.2. The lowest BCUT2D eigenvalue weighted by Gasteiger charge is -2.43. The van der Waals surface area contributed by atoms with Gasteiger partial charge in [-0.15, -0.1) is 12.4 Å². The third-order valence-electron chi connectivity index (χ3n) is 11.9. The summed E-state index contributed by atoms with van der Waals surface area (Å²) in [4.78, 5) is 93.8. The maximum Gasteiger partial charge on any atom is 0.243 e. The van der Waals surface area contributed by atoms with Crippen molar-refractivity contribution in [1.82, 2.24) is 21.3 Å². The smallest absolute Gasteiger partial charge is 0.243 e. The number of amides is 4. The van der Waals surface area contributed by atoms with Gasteiger partial charge in [-0.2, -0.15) is 0 Å². The van der Waals surface area contributed by atoms with Gasteiger partial charge < -0.3 is 61.6 Å². The summed E-state index contributed by atoms with van der Waals surface area (Å²) in [6, 6.07) is -0.868. The number of phenolic OH excluding ortho intramolecular Hbond substituents is 2. The van der Waals surface area contributed by atoms with Gasteiger partial charge in [0, 0.05) is 36.0 Å². The lowest BCUT2D eigenvalue weighted by Crippen LogP contribution is -2.60. The Morgan fingerprint density at radius 1 is 0.862 bits per heavy atom. The molecule has 0 bridgehead atoms. The molecule has 1 saturated heterocycles. The number of hydrogen-bond acceptors (Lipinski definition) is 15. The number of fused-ring (bicyclic) bond motifs is 3. The standard InChI is InChI=1S/C45H61N5O14.ClH/c1-18(2)13-27(49-41(57)20(5)46)43(59)47-21(6)42(58)50-28(14-19(3)4)44(60)48-26-15-31(63-22(7)36(26)52)64-30-17-45(61,23(8)51)16-25-33(30)40(56)35-34(38(25)54)37(53)24-11-10-12-29(62-9)32(24)39(35)55;/h10-12,18-22,26-28,30-31,36,52,54,56,61H,13-17,46H2,1-9H3,(H,47,59)(H,48,60)(H,49,57)(H,50,58);1H. The van der Waals surface area contributed by atoms with Gasteiger partial charge >= 0.3 is 0 Å². The van der Waals surface area contributed by atoms with Gasteiger partial charge in [-0.05, 0) is 58.4 Å². The molecular formula is C45H62ClN5O14. The van der Waals surface area contributed by atoms with E-state index >= 15 is 0 Å². The second kappa shape index (κ2) is 21.0. The molecule has 5 rings (SSSR count). The maximum atomic E-state index is 14.0. The Labute approximate surface area is 383 Å². The van der Waals surface area contributed by atoms with Crippen LogP contribution < -0.4 is 31.7 Å². The lowest BCUT2D eigenvalue weighted by molar-refractivity contribution is -0.249. The Kier molecular flexibility index (Phi) is 16.9. The fraction of sp³-hybridized carbons (Fsp3) is 0.578. The van der Waals surface area contributed by atoms with E-state index in [0.29, 0.717) is 0 Å². The third-order valence-corrected chi connectivity index (χ3v) is 11.9. The van der Waals surface area contributed by atoms with E-state index in [1.807, 2.05) is 27.7 Å². The number of benzene rings is 2. The summed E-state index contributed by atoms with van der Waals surface area (Å²) in [5.74, 6) is -6.35. The summed E-state index contributed by atoms with van der Waals surface area (Å²) in [6.45, 7) is 12.9. The van der Waals surface area contributed by atoms with Crippen molar-refractivity contribution in [3.8, 4) is 17.2 Å². The SMILES string of the molecule is COc1cccc2c1C(=O)c1c(O)c3c(c(O)c1C2=O)CC(O)(C(C)=O)CC3OC1CC(NC(=O)C(CC(C)C)NC(=O)C(C)NC(=O)C(CC(C)C)NC(=O)C(C)N)C(O)C(C)O1.Cl. The van der Waals surface area contributed by atoms with Gasteiger partial charge in [-0.25, -0.2) is 0 Å². The highest BCUT2D eigenvalue weighted by Crippen LogP contribution is 2.52. The van der Waals surface area contributed by atoms with Crippen LogP contribution in [0.2, 0.25) is 0 Å².